The fourth-order valence-corrected chi connectivity index (χ4v) is 3.12. The van der Waals surface area contributed by atoms with Crippen LogP contribution in [0.1, 0.15) is 5.56 Å². The molecule has 0 unspecified atom stereocenters. The van der Waals surface area contributed by atoms with Crippen LogP contribution in [-0.4, -0.2) is 76.2 Å². The number of amides is 1. The summed E-state index contributed by atoms with van der Waals surface area (Å²) >= 11 is 0. The predicted octanol–water partition coefficient (Wildman–Crippen LogP) is -0.530. The minimum Gasteiger partial charge on any atom is -0.354 e. The van der Waals surface area contributed by atoms with Crippen molar-refractivity contribution in [1.82, 2.24) is 19.8 Å². The van der Waals surface area contributed by atoms with Crippen LogP contribution < -0.4 is 10.0 Å². The Bertz CT molecular complexity index is 613. The van der Waals surface area contributed by atoms with Gasteiger partial charge in [0.2, 0.25) is 15.9 Å². The van der Waals surface area contributed by atoms with Crippen molar-refractivity contribution >= 4 is 15.9 Å². The highest BCUT2D eigenvalue weighted by atomic mass is 32.2. The van der Waals surface area contributed by atoms with Gasteiger partial charge >= 0.3 is 0 Å². The fraction of sp³-hybridized carbons (Fsp3) is 0.562. The van der Waals surface area contributed by atoms with E-state index in [2.05, 4.69) is 44.1 Å². The molecule has 2 N–H and O–H groups in total. The van der Waals surface area contributed by atoms with Gasteiger partial charge in [0.25, 0.3) is 0 Å². The van der Waals surface area contributed by atoms with E-state index in [1.165, 1.54) is 5.56 Å². The smallest absolute Gasteiger partial charge is 0.234 e. The molecule has 7 nitrogen and oxygen atoms in total. The van der Waals surface area contributed by atoms with Gasteiger partial charge in [0.1, 0.15) is 0 Å². The van der Waals surface area contributed by atoms with Crippen LogP contribution in [0.3, 0.4) is 0 Å². The molecular weight excluding hydrogens is 328 g/mol. The summed E-state index contributed by atoms with van der Waals surface area (Å²) in [6, 6.07) is 10.4. The molecule has 24 heavy (non-hydrogen) atoms. The van der Waals surface area contributed by atoms with Gasteiger partial charge < -0.3 is 5.32 Å². The van der Waals surface area contributed by atoms with Crippen LogP contribution in [0.25, 0.3) is 0 Å². The first-order valence-corrected chi connectivity index (χ1v) is 10.0. The van der Waals surface area contributed by atoms with Crippen molar-refractivity contribution in [2.24, 2.45) is 0 Å². The number of carbonyl (C=O) groups excluding carboxylic acids is 1. The maximum atomic E-state index is 11.9. The average molecular weight is 354 g/mol. The second-order valence-electron chi connectivity index (χ2n) is 6.05. The van der Waals surface area contributed by atoms with Gasteiger partial charge in [0, 0.05) is 45.8 Å². The number of carbonyl (C=O) groups is 1. The van der Waals surface area contributed by atoms with E-state index < -0.39 is 10.0 Å². The third-order valence-electron chi connectivity index (χ3n) is 3.89. The third kappa shape index (κ3) is 7.39. The molecule has 1 fully saturated rings. The molecule has 0 spiro atoms. The highest BCUT2D eigenvalue weighted by Crippen LogP contribution is 2.08. The molecule has 1 aromatic carbocycles. The van der Waals surface area contributed by atoms with E-state index in [0.717, 1.165) is 39.0 Å². The number of hydrogen-bond donors (Lipinski definition) is 2. The lowest BCUT2D eigenvalue weighted by atomic mass is 10.2. The molecule has 0 bridgehead atoms. The van der Waals surface area contributed by atoms with Crippen molar-refractivity contribution in [3.8, 4) is 0 Å². The standard InChI is InChI=1S/C16H26N4O3S/c1-24(22,23)18-8-7-17-16(21)14-20-11-9-19(10-12-20)13-15-5-3-2-4-6-15/h2-6,18H,7-14H2,1H3,(H,17,21). The van der Waals surface area contributed by atoms with E-state index in [4.69, 9.17) is 0 Å². The topological polar surface area (TPSA) is 81.8 Å². The van der Waals surface area contributed by atoms with Gasteiger partial charge in [-0.15, -0.1) is 0 Å². The maximum absolute atomic E-state index is 11.9. The normalized spacial score (nSPS) is 16.9. The number of sulfonamides is 1. The van der Waals surface area contributed by atoms with Gasteiger partial charge in [-0.2, -0.15) is 0 Å². The largest absolute Gasteiger partial charge is 0.354 e. The summed E-state index contributed by atoms with van der Waals surface area (Å²) in [6.07, 6.45) is 1.10. The number of nitrogens with one attached hydrogen (secondary N) is 2. The molecule has 134 valence electrons. The van der Waals surface area contributed by atoms with Crippen LogP contribution in [-0.2, 0) is 21.4 Å². The molecule has 1 aliphatic rings. The molecule has 2 rings (SSSR count). The zero-order chi connectivity index (χ0) is 17.4. The third-order valence-corrected chi connectivity index (χ3v) is 4.62. The molecular formula is C16H26N4O3S. The summed E-state index contributed by atoms with van der Waals surface area (Å²) < 4.78 is 24.2. The zero-order valence-electron chi connectivity index (χ0n) is 14.1. The molecule has 0 atom stereocenters. The predicted molar refractivity (Wildman–Crippen MR) is 94.0 cm³/mol. The minimum absolute atomic E-state index is 0.0678. The van der Waals surface area contributed by atoms with Crippen molar-refractivity contribution < 1.29 is 13.2 Å². The van der Waals surface area contributed by atoms with E-state index in [9.17, 15) is 13.2 Å². The molecule has 1 amide bonds. The Morgan fingerprint density at radius 1 is 1.04 bits per heavy atom. The fourth-order valence-electron chi connectivity index (χ4n) is 2.64. The Kier molecular flexibility index (Phi) is 7.16. The number of rotatable bonds is 8. The summed E-state index contributed by atoms with van der Waals surface area (Å²) in [5.41, 5.74) is 1.31. The first-order chi connectivity index (χ1) is 11.4. The van der Waals surface area contributed by atoms with Crippen molar-refractivity contribution in [3.63, 3.8) is 0 Å². The van der Waals surface area contributed by atoms with Crippen LogP contribution in [0.4, 0.5) is 0 Å². The molecule has 8 heteroatoms. The van der Waals surface area contributed by atoms with Crippen LogP contribution in [0.2, 0.25) is 0 Å². The molecule has 0 radical (unpaired) electrons. The SMILES string of the molecule is CS(=O)(=O)NCCNC(=O)CN1CCN(Cc2ccccc2)CC1. The molecule has 0 aliphatic carbocycles. The second kappa shape index (κ2) is 9.12. The van der Waals surface area contributed by atoms with Gasteiger partial charge in [0.15, 0.2) is 0 Å². The van der Waals surface area contributed by atoms with E-state index in [0.29, 0.717) is 13.1 Å². The second-order valence-corrected chi connectivity index (χ2v) is 7.89. The van der Waals surface area contributed by atoms with E-state index in [-0.39, 0.29) is 12.5 Å². The number of benzene rings is 1. The van der Waals surface area contributed by atoms with Crippen molar-refractivity contribution in [2.45, 2.75) is 6.54 Å². The van der Waals surface area contributed by atoms with Crippen LogP contribution in [0.5, 0.6) is 0 Å². The Labute approximate surface area is 144 Å². The van der Waals surface area contributed by atoms with Gasteiger partial charge in [-0.3, -0.25) is 14.6 Å². The van der Waals surface area contributed by atoms with Crippen LogP contribution in [0.15, 0.2) is 30.3 Å². The first-order valence-electron chi connectivity index (χ1n) is 8.12. The number of piperazine rings is 1. The highest BCUT2D eigenvalue weighted by Gasteiger charge is 2.18. The van der Waals surface area contributed by atoms with E-state index in [1.54, 1.807) is 0 Å². The van der Waals surface area contributed by atoms with Gasteiger partial charge in [-0.1, -0.05) is 30.3 Å². The molecule has 1 aromatic rings. The van der Waals surface area contributed by atoms with Gasteiger partial charge in [-0.25, -0.2) is 13.1 Å². The Morgan fingerprint density at radius 2 is 1.67 bits per heavy atom. The molecule has 0 saturated carbocycles. The zero-order valence-corrected chi connectivity index (χ0v) is 14.9. The quantitative estimate of drug-likeness (QED) is 0.614. The van der Waals surface area contributed by atoms with Crippen molar-refractivity contribution in [2.75, 3.05) is 52.1 Å². The molecule has 1 aliphatic heterocycles. The van der Waals surface area contributed by atoms with Crippen LogP contribution >= 0.6 is 0 Å². The van der Waals surface area contributed by atoms with E-state index >= 15 is 0 Å². The molecule has 0 aromatic heterocycles. The van der Waals surface area contributed by atoms with Crippen molar-refractivity contribution in [1.29, 1.82) is 0 Å². The van der Waals surface area contributed by atoms with Crippen LogP contribution in [0, 0.1) is 0 Å². The summed E-state index contributed by atoms with van der Waals surface area (Å²) in [7, 11) is -3.20. The average Bonchev–Trinajstić information content (AvgIpc) is 2.54. The number of hydrogen-bond acceptors (Lipinski definition) is 5. The highest BCUT2D eigenvalue weighted by molar-refractivity contribution is 7.88. The summed E-state index contributed by atoms with van der Waals surface area (Å²) in [5, 5.41) is 2.73. The summed E-state index contributed by atoms with van der Waals surface area (Å²) in [4.78, 5) is 16.4. The lowest BCUT2D eigenvalue weighted by molar-refractivity contribution is -0.122. The monoisotopic (exact) mass is 354 g/mol. The maximum Gasteiger partial charge on any atom is 0.234 e. The minimum atomic E-state index is -3.20. The Morgan fingerprint density at radius 3 is 2.29 bits per heavy atom. The van der Waals surface area contributed by atoms with Crippen molar-refractivity contribution in [3.05, 3.63) is 35.9 Å². The first kappa shape index (κ1) is 18.9. The van der Waals surface area contributed by atoms with Gasteiger partial charge in [-0.05, 0) is 5.56 Å². The summed E-state index contributed by atoms with van der Waals surface area (Å²) in [6.45, 7) is 5.44. The number of nitrogens with zero attached hydrogens (tertiary/aromatic N) is 2. The molecule has 1 heterocycles. The van der Waals surface area contributed by atoms with Gasteiger partial charge in [0.05, 0.1) is 12.8 Å². The Balaban J connectivity index is 1.61. The lowest BCUT2D eigenvalue weighted by Gasteiger charge is -2.34. The van der Waals surface area contributed by atoms with E-state index in [1.807, 2.05) is 6.07 Å². The lowest BCUT2D eigenvalue weighted by Crippen LogP contribution is -2.49. The summed E-state index contributed by atoms with van der Waals surface area (Å²) in [5.74, 6) is -0.0678. The molecule has 1 saturated heterocycles. The Hall–Kier alpha value is -1.48.